The number of Topliss-reactive ketones (excluding diaryl/α,β-unsaturated/α-hetero) is 1. The molecule has 0 atom stereocenters. The molecule has 5 heteroatoms. The van der Waals surface area contributed by atoms with Gasteiger partial charge in [0.05, 0.1) is 19.9 Å². The lowest BCUT2D eigenvalue weighted by Crippen LogP contribution is -2.30. The Morgan fingerprint density at radius 1 is 1.26 bits per heavy atom. The minimum atomic E-state index is -0.676. The molecule has 1 aromatic carbocycles. The van der Waals surface area contributed by atoms with Crippen molar-refractivity contribution in [2.75, 3.05) is 7.11 Å². The number of benzene rings is 1. The molecule has 1 heterocycles. The second-order valence-corrected chi connectivity index (χ2v) is 3.82. The van der Waals surface area contributed by atoms with Crippen molar-refractivity contribution in [3.05, 3.63) is 54.0 Å². The van der Waals surface area contributed by atoms with Gasteiger partial charge >= 0.3 is 0 Å². The summed E-state index contributed by atoms with van der Waals surface area (Å²) in [5, 5.41) is 2.50. The molecule has 0 spiro atoms. The highest BCUT2D eigenvalue weighted by Gasteiger charge is 2.16. The van der Waals surface area contributed by atoms with Gasteiger partial charge in [0.2, 0.25) is 5.78 Å². The largest absolute Gasteiger partial charge is 0.497 e. The number of amides is 1. The summed E-state index contributed by atoms with van der Waals surface area (Å²) in [4.78, 5) is 23.6. The molecular weight excluding hydrogens is 246 g/mol. The van der Waals surface area contributed by atoms with Crippen LogP contribution in [0.3, 0.4) is 0 Å². The van der Waals surface area contributed by atoms with Crippen molar-refractivity contribution in [1.29, 1.82) is 0 Å². The second-order valence-electron chi connectivity index (χ2n) is 3.82. The van der Waals surface area contributed by atoms with Gasteiger partial charge in [0.1, 0.15) is 11.5 Å². The summed E-state index contributed by atoms with van der Waals surface area (Å²) in [7, 11) is 1.50. The molecule has 98 valence electrons. The molecule has 1 amide bonds. The van der Waals surface area contributed by atoms with Crippen molar-refractivity contribution >= 4 is 11.7 Å². The molecule has 0 aliphatic heterocycles. The predicted octanol–water partition coefficient (Wildman–Crippen LogP) is 1.79. The fraction of sp³-hybridized carbons (Fsp3) is 0.143. The first-order chi connectivity index (χ1) is 9.20. The van der Waals surface area contributed by atoms with E-state index >= 15 is 0 Å². The minimum absolute atomic E-state index is 0.182. The van der Waals surface area contributed by atoms with Gasteiger partial charge in [-0.2, -0.15) is 0 Å². The van der Waals surface area contributed by atoms with Gasteiger partial charge in [-0.05, 0) is 24.3 Å². The highest BCUT2D eigenvalue weighted by atomic mass is 16.5. The zero-order valence-electron chi connectivity index (χ0n) is 10.4. The maximum Gasteiger partial charge on any atom is 0.292 e. The molecule has 0 unspecified atom stereocenters. The highest BCUT2D eigenvalue weighted by Crippen LogP contribution is 2.13. The van der Waals surface area contributed by atoms with Crippen molar-refractivity contribution in [3.8, 4) is 5.75 Å². The standard InChI is InChI=1S/C14H13NO4/c1-18-11-5-2-4-10(8-11)13(16)14(17)15-9-12-6-3-7-19-12/h2-8H,9H2,1H3,(H,15,17). The molecule has 0 aliphatic carbocycles. The number of carbonyl (C=O) groups is 2. The van der Waals surface area contributed by atoms with E-state index in [2.05, 4.69) is 5.32 Å². The second kappa shape index (κ2) is 5.86. The van der Waals surface area contributed by atoms with Crippen LogP contribution in [0, 0.1) is 0 Å². The van der Waals surface area contributed by atoms with E-state index < -0.39 is 11.7 Å². The summed E-state index contributed by atoms with van der Waals surface area (Å²) >= 11 is 0. The molecule has 2 aromatic rings. The average molecular weight is 259 g/mol. The fourth-order valence-electron chi connectivity index (χ4n) is 1.56. The Labute approximate surface area is 110 Å². The van der Waals surface area contributed by atoms with Crippen LogP contribution in [-0.4, -0.2) is 18.8 Å². The summed E-state index contributed by atoms with van der Waals surface area (Å²) in [6, 6.07) is 9.89. The maximum atomic E-state index is 11.9. The Morgan fingerprint density at radius 2 is 2.11 bits per heavy atom. The van der Waals surface area contributed by atoms with Crippen LogP contribution in [0.1, 0.15) is 16.1 Å². The van der Waals surface area contributed by atoms with E-state index in [0.29, 0.717) is 11.5 Å². The van der Waals surface area contributed by atoms with Crippen molar-refractivity contribution in [2.45, 2.75) is 6.54 Å². The Morgan fingerprint density at radius 3 is 2.79 bits per heavy atom. The molecule has 5 nitrogen and oxygen atoms in total. The average Bonchev–Trinajstić information content (AvgIpc) is 2.97. The van der Waals surface area contributed by atoms with E-state index in [1.54, 1.807) is 30.3 Å². The molecule has 0 saturated heterocycles. The lowest BCUT2D eigenvalue weighted by atomic mass is 10.1. The number of ether oxygens (including phenoxy) is 1. The number of rotatable bonds is 5. The van der Waals surface area contributed by atoms with Crippen molar-refractivity contribution in [3.63, 3.8) is 0 Å². The van der Waals surface area contributed by atoms with Gasteiger partial charge in [0.15, 0.2) is 0 Å². The van der Waals surface area contributed by atoms with Crippen LogP contribution in [0.5, 0.6) is 5.75 Å². The van der Waals surface area contributed by atoms with Crippen LogP contribution in [0.2, 0.25) is 0 Å². The van der Waals surface area contributed by atoms with Crippen LogP contribution in [0.4, 0.5) is 0 Å². The van der Waals surface area contributed by atoms with Gasteiger partial charge in [-0.25, -0.2) is 0 Å². The molecule has 2 rings (SSSR count). The zero-order chi connectivity index (χ0) is 13.7. The van der Waals surface area contributed by atoms with Crippen LogP contribution in [0.25, 0.3) is 0 Å². The van der Waals surface area contributed by atoms with Gasteiger partial charge in [0, 0.05) is 5.56 Å². The Bertz CT molecular complexity index is 575. The first-order valence-corrected chi connectivity index (χ1v) is 5.69. The first kappa shape index (κ1) is 12.9. The fourth-order valence-corrected chi connectivity index (χ4v) is 1.56. The summed E-state index contributed by atoms with van der Waals surface area (Å²) in [6.07, 6.45) is 1.51. The lowest BCUT2D eigenvalue weighted by molar-refractivity contribution is -0.117. The topological polar surface area (TPSA) is 68.5 Å². The van der Waals surface area contributed by atoms with E-state index in [1.807, 2.05) is 0 Å². The van der Waals surface area contributed by atoms with Gasteiger partial charge in [-0.3, -0.25) is 9.59 Å². The van der Waals surface area contributed by atoms with Gasteiger partial charge in [-0.1, -0.05) is 12.1 Å². The number of ketones is 1. The van der Waals surface area contributed by atoms with Crippen LogP contribution in [0.15, 0.2) is 47.1 Å². The summed E-state index contributed by atoms with van der Waals surface area (Å²) in [5.74, 6) is -0.161. The highest BCUT2D eigenvalue weighted by molar-refractivity contribution is 6.42. The number of nitrogens with one attached hydrogen (secondary N) is 1. The van der Waals surface area contributed by atoms with E-state index in [0.717, 1.165) is 0 Å². The molecule has 0 saturated carbocycles. The molecule has 0 radical (unpaired) electrons. The number of hydrogen-bond acceptors (Lipinski definition) is 4. The van der Waals surface area contributed by atoms with Crippen molar-refractivity contribution in [1.82, 2.24) is 5.32 Å². The van der Waals surface area contributed by atoms with Gasteiger partial charge in [0.25, 0.3) is 5.91 Å². The first-order valence-electron chi connectivity index (χ1n) is 5.69. The van der Waals surface area contributed by atoms with E-state index in [4.69, 9.17) is 9.15 Å². The van der Waals surface area contributed by atoms with E-state index in [-0.39, 0.29) is 12.1 Å². The van der Waals surface area contributed by atoms with E-state index in [1.165, 1.54) is 19.4 Å². The quantitative estimate of drug-likeness (QED) is 0.656. The molecule has 0 fully saturated rings. The van der Waals surface area contributed by atoms with Gasteiger partial charge in [-0.15, -0.1) is 0 Å². The number of carbonyl (C=O) groups excluding carboxylic acids is 2. The SMILES string of the molecule is COc1cccc(C(=O)C(=O)NCc2ccco2)c1. The minimum Gasteiger partial charge on any atom is -0.497 e. The monoisotopic (exact) mass is 259 g/mol. The molecule has 1 aromatic heterocycles. The zero-order valence-corrected chi connectivity index (χ0v) is 10.4. The molecular formula is C14H13NO4. The summed E-state index contributed by atoms with van der Waals surface area (Å²) in [5.41, 5.74) is 0.288. The summed E-state index contributed by atoms with van der Waals surface area (Å²) < 4.78 is 10.1. The van der Waals surface area contributed by atoms with Crippen molar-refractivity contribution < 1.29 is 18.7 Å². The van der Waals surface area contributed by atoms with Gasteiger partial charge < -0.3 is 14.5 Å². The number of furan rings is 1. The molecule has 0 aliphatic rings. The predicted molar refractivity (Wildman–Crippen MR) is 67.9 cm³/mol. The Kier molecular flexibility index (Phi) is 3.97. The smallest absolute Gasteiger partial charge is 0.292 e. The van der Waals surface area contributed by atoms with Crippen LogP contribution < -0.4 is 10.1 Å². The summed E-state index contributed by atoms with van der Waals surface area (Å²) in [6.45, 7) is 0.182. The third-order valence-electron chi connectivity index (χ3n) is 2.54. The Hall–Kier alpha value is -2.56. The Balaban J connectivity index is 2.00. The van der Waals surface area contributed by atoms with E-state index in [9.17, 15) is 9.59 Å². The number of hydrogen-bond donors (Lipinski definition) is 1. The molecule has 1 N–H and O–H groups in total. The van der Waals surface area contributed by atoms with Crippen molar-refractivity contribution in [2.24, 2.45) is 0 Å². The third-order valence-corrected chi connectivity index (χ3v) is 2.54. The van der Waals surface area contributed by atoms with Crippen LogP contribution >= 0.6 is 0 Å². The third kappa shape index (κ3) is 3.22. The lowest BCUT2D eigenvalue weighted by Gasteiger charge is -2.04. The molecule has 0 bridgehead atoms. The number of methoxy groups -OCH3 is 1. The maximum absolute atomic E-state index is 11.9. The normalized spacial score (nSPS) is 9.95. The molecule has 19 heavy (non-hydrogen) atoms. The van der Waals surface area contributed by atoms with Crippen LogP contribution in [-0.2, 0) is 11.3 Å².